The number of methoxy groups -OCH3 is 1. The van der Waals surface area contributed by atoms with Crippen LogP contribution in [0.1, 0.15) is 26.2 Å². The molecule has 1 aliphatic rings. The van der Waals surface area contributed by atoms with Crippen molar-refractivity contribution in [2.24, 2.45) is 5.92 Å². The molecule has 1 fully saturated rings. The van der Waals surface area contributed by atoms with Crippen molar-refractivity contribution in [2.45, 2.75) is 26.2 Å². The van der Waals surface area contributed by atoms with Crippen LogP contribution in [0.25, 0.3) is 22.4 Å². The van der Waals surface area contributed by atoms with Crippen LogP contribution >= 0.6 is 0 Å². The van der Waals surface area contributed by atoms with Gasteiger partial charge in [-0.2, -0.15) is 4.98 Å². The largest absolute Gasteiger partial charge is 0.496 e. The summed E-state index contributed by atoms with van der Waals surface area (Å²) in [7, 11) is 1.65. The zero-order valence-corrected chi connectivity index (χ0v) is 16.5. The maximum Gasteiger partial charge on any atom is 0.263 e. The van der Waals surface area contributed by atoms with E-state index >= 15 is 0 Å². The molecule has 2 aromatic heterocycles. The van der Waals surface area contributed by atoms with Crippen LogP contribution in [-0.2, 0) is 0 Å². The number of nitrogens with zero attached hydrogens (tertiary/aromatic N) is 4. The fourth-order valence-electron chi connectivity index (χ4n) is 3.94. The van der Waals surface area contributed by atoms with Crippen molar-refractivity contribution in [3.8, 4) is 17.0 Å². The smallest absolute Gasteiger partial charge is 0.263 e. The molecule has 0 bridgehead atoms. The van der Waals surface area contributed by atoms with Gasteiger partial charge in [-0.1, -0.05) is 24.2 Å². The molecule has 7 heteroatoms. The molecule has 0 spiro atoms. The summed E-state index contributed by atoms with van der Waals surface area (Å²) in [6.45, 7) is 6.71. The fourth-order valence-corrected chi connectivity index (χ4v) is 3.94. The topological polar surface area (TPSA) is 76.3 Å². The molecule has 1 atom stereocenters. The maximum absolute atomic E-state index is 5.48. The summed E-state index contributed by atoms with van der Waals surface area (Å²) >= 11 is 0. The number of ether oxygens (including phenoxy) is 1. The van der Waals surface area contributed by atoms with Crippen molar-refractivity contribution >= 4 is 16.9 Å². The molecular weight excluding hydrogens is 354 g/mol. The third-order valence-electron chi connectivity index (χ3n) is 5.32. The van der Waals surface area contributed by atoms with Crippen LogP contribution < -0.4 is 10.1 Å². The number of hydrogen-bond donors (Lipinski definition) is 1. The first-order chi connectivity index (χ1) is 13.8. The summed E-state index contributed by atoms with van der Waals surface area (Å²) in [5, 5.41) is 8.48. The second-order valence-corrected chi connectivity index (χ2v) is 7.46. The molecule has 1 N–H and O–H groups in total. The summed E-state index contributed by atoms with van der Waals surface area (Å²) in [5.74, 6) is 2.30. The molecule has 148 valence electrons. The van der Waals surface area contributed by atoms with Gasteiger partial charge in [0.15, 0.2) is 0 Å². The lowest BCUT2D eigenvalue weighted by atomic mass is 10.0. The van der Waals surface area contributed by atoms with Crippen LogP contribution in [0.2, 0.25) is 0 Å². The molecule has 1 saturated heterocycles. The monoisotopic (exact) mass is 381 g/mol. The molecule has 1 aliphatic heterocycles. The second-order valence-electron chi connectivity index (χ2n) is 7.46. The molecule has 28 heavy (non-hydrogen) atoms. The highest BCUT2D eigenvalue weighted by atomic mass is 16.5. The third kappa shape index (κ3) is 3.94. The predicted molar refractivity (Wildman–Crippen MR) is 110 cm³/mol. The number of rotatable bonds is 7. The minimum absolute atomic E-state index is 0.475. The van der Waals surface area contributed by atoms with Crippen molar-refractivity contribution in [1.29, 1.82) is 0 Å². The summed E-state index contributed by atoms with van der Waals surface area (Å²) in [6, 6.07) is 7.76. The molecule has 0 aliphatic carbocycles. The Hall–Kier alpha value is -2.67. The van der Waals surface area contributed by atoms with Crippen molar-refractivity contribution < 1.29 is 9.26 Å². The molecule has 3 aromatic rings. The average molecular weight is 381 g/mol. The quantitative estimate of drug-likeness (QED) is 0.623. The van der Waals surface area contributed by atoms with Crippen molar-refractivity contribution in [3.05, 3.63) is 30.6 Å². The van der Waals surface area contributed by atoms with Crippen molar-refractivity contribution in [1.82, 2.24) is 20.0 Å². The van der Waals surface area contributed by atoms with Gasteiger partial charge in [-0.05, 0) is 50.4 Å². The molecule has 7 nitrogen and oxygen atoms in total. The van der Waals surface area contributed by atoms with Gasteiger partial charge >= 0.3 is 0 Å². The molecule has 1 aromatic carbocycles. The SMILES string of the molecule is COc1ccccc1-c1noc2ncnc(NCCCN3CCCC(C)C3)c12. The fraction of sp³-hybridized carbons (Fsp3) is 0.476. The third-order valence-corrected chi connectivity index (χ3v) is 5.32. The van der Waals surface area contributed by atoms with Gasteiger partial charge in [0.05, 0.1) is 7.11 Å². The van der Waals surface area contributed by atoms with Gasteiger partial charge in [-0.25, -0.2) is 4.98 Å². The lowest BCUT2D eigenvalue weighted by Crippen LogP contribution is -2.35. The lowest BCUT2D eigenvalue weighted by Gasteiger charge is -2.30. The Morgan fingerprint density at radius 3 is 3.04 bits per heavy atom. The molecule has 0 saturated carbocycles. The minimum atomic E-state index is 0.475. The Morgan fingerprint density at radius 2 is 2.18 bits per heavy atom. The molecule has 3 heterocycles. The number of fused-ring (bicyclic) bond motifs is 1. The molecule has 0 radical (unpaired) electrons. The number of benzene rings is 1. The number of anilines is 1. The Balaban J connectivity index is 1.49. The van der Waals surface area contributed by atoms with E-state index < -0.39 is 0 Å². The molecular formula is C21H27N5O2. The minimum Gasteiger partial charge on any atom is -0.496 e. The number of para-hydroxylation sites is 1. The average Bonchev–Trinajstić information content (AvgIpc) is 3.16. The number of hydrogen-bond acceptors (Lipinski definition) is 7. The summed E-state index contributed by atoms with van der Waals surface area (Å²) in [4.78, 5) is 11.2. The lowest BCUT2D eigenvalue weighted by molar-refractivity contribution is 0.183. The highest BCUT2D eigenvalue weighted by Crippen LogP contribution is 2.36. The van der Waals surface area contributed by atoms with Crippen molar-refractivity contribution in [2.75, 3.05) is 38.6 Å². The van der Waals surface area contributed by atoms with E-state index in [0.717, 1.165) is 47.9 Å². The maximum atomic E-state index is 5.48. The standard InChI is InChI=1S/C21H27N5O2/c1-15-7-5-11-26(13-15)12-6-10-22-20-18-19(25-28-21(18)24-14-23-20)16-8-3-4-9-17(16)27-2/h3-4,8-9,14-15H,5-7,10-13H2,1-2H3,(H,22,23,24). The zero-order valence-electron chi connectivity index (χ0n) is 16.5. The summed E-state index contributed by atoms with van der Waals surface area (Å²) in [6.07, 6.45) is 5.23. The first-order valence-electron chi connectivity index (χ1n) is 9.96. The van der Waals surface area contributed by atoms with Crippen LogP contribution in [0.3, 0.4) is 0 Å². The molecule has 0 amide bonds. The zero-order chi connectivity index (χ0) is 19.3. The van der Waals surface area contributed by atoms with E-state index in [4.69, 9.17) is 9.26 Å². The van der Waals surface area contributed by atoms with Gasteiger partial charge in [-0.15, -0.1) is 0 Å². The van der Waals surface area contributed by atoms with E-state index in [9.17, 15) is 0 Å². The Labute approximate surface area is 165 Å². The van der Waals surface area contributed by atoms with Crippen molar-refractivity contribution in [3.63, 3.8) is 0 Å². The van der Waals surface area contributed by atoms with Gasteiger partial charge in [0.25, 0.3) is 5.71 Å². The van der Waals surface area contributed by atoms with E-state index in [-0.39, 0.29) is 0 Å². The second kappa shape index (κ2) is 8.56. The van der Waals surface area contributed by atoms with Gasteiger partial charge in [0.2, 0.25) is 0 Å². The predicted octanol–water partition coefficient (Wildman–Crippen LogP) is 3.83. The van der Waals surface area contributed by atoms with Crippen LogP contribution in [-0.4, -0.2) is 53.3 Å². The van der Waals surface area contributed by atoms with E-state index in [1.165, 1.54) is 32.3 Å². The Bertz CT molecular complexity index is 926. The van der Waals surface area contributed by atoms with E-state index in [1.807, 2.05) is 24.3 Å². The van der Waals surface area contributed by atoms with Gasteiger partial charge < -0.3 is 19.5 Å². The number of piperidine rings is 1. The van der Waals surface area contributed by atoms with Crippen LogP contribution in [0, 0.1) is 5.92 Å². The van der Waals surface area contributed by atoms with Crippen LogP contribution in [0.4, 0.5) is 5.82 Å². The summed E-state index contributed by atoms with van der Waals surface area (Å²) < 4.78 is 10.9. The highest BCUT2D eigenvalue weighted by Gasteiger charge is 2.19. The van der Waals surface area contributed by atoms with E-state index in [1.54, 1.807) is 7.11 Å². The molecule has 1 unspecified atom stereocenters. The van der Waals surface area contributed by atoms with Gasteiger partial charge in [-0.3, -0.25) is 0 Å². The van der Waals surface area contributed by atoms with Gasteiger partial charge in [0, 0.05) is 18.7 Å². The number of aromatic nitrogens is 3. The van der Waals surface area contributed by atoms with E-state index in [2.05, 4.69) is 32.3 Å². The van der Waals surface area contributed by atoms with E-state index in [0.29, 0.717) is 11.4 Å². The first kappa shape index (κ1) is 18.7. The first-order valence-corrected chi connectivity index (χ1v) is 9.96. The van der Waals surface area contributed by atoms with Crippen LogP contribution in [0.5, 0.6) is 5.75 Å². The van der Waals surface area contributed by atoms with Gasteiger partial charge in [0.1, 0.15) is 29.0 Å². The number of nitrogens with one attached hydrogen (secondary N) is 1. The summed E-state index contributed by atoms with van der Waals surface area (Å²) in [5.41, 5.74) is 2.03. The Kier molecular flexibility index (Phi) is 5.71. The van der Waals surface area contributed by atoms with Crippen LogP contribution in [0.15, 0.2) is 35.1 Å². The number of likely N-dealkylation sites (tertiary alicyclic amines) is 1. The normalized spacial score (nSPS) is 17.7. The Morgan fingerprint density at radius 1 is 1.29 bits per heavy atom. The highest BCUT2D eigenvalue weighted by molar-refractivity contribution is 5.98. The molecule has 4 rings (SSSR count).